The van der Waals surface area contributed by atoms with Crippen molar-refractivity contribution < 1.29 is 9.59 Å². The van der Waals surface area contributed by atoms with Gasteiger partial charge in [0.05, 0.1) is 0 Å². The van der Waals surface area contributed by atoms with Crippen molar-refractivity contribution in [2.45, 2.75) is 50.2 Å². The van der Waals surface area contributed by atoms with E-state index in [-0.39, 0.29) is 11.1 Å². The molecular weight excluding hydrogens is 210 g/mol. The van der Waals surface area contributed by atoms with Crippen molar-refractivity contribution in [3.63, 3.8) is 0 Å². The van der Waals surface area contributed by atoms with Crippen molar-refractivity contribution in [1.82, 2.24) is 5.32 Å². The highest BCUT2D eigenvalue weighted by Gasteiger charge is 2.54. The van der Waals surface area contributed by atoms with Crippen molar-refractivity contribution in [3.8, 4) is 0 Å². The minimum absolute atomic E-state index is 0.0314. The van der Waals surface area contributed by atoms with Gasteiger partial charge in [0.25, 0.3) is 5.24 Å². The van der Waals surface area contributed by atoms with E-state index in [1.807, 2.05) is 0 Å². The van der Waals surface area contributed by atoms with Gasteiger partial charge in [-0.3, -0.25) is 14.9 Å². The molecule has 1 saturated carbocycles. The molecule has 2 aliphatic rings. The zero-order valence-corrected chi connectivity index (χ0v) is 9.86. The van der Waals surface area contributed by atoms with Crippen LogP contribution >= 0.6 is 11.8 Å². The first kappa shape index (κ1) is 11.0. The van der Waals surface area contributed by atoms with Crippen molar-refractivity contribution in [2.24, 2.45) is 5.92 Å². The Bertz CT molecular complexity index is 292. The summed E-state index contributed by atoms with van der Waals surface area (Å²) >= 11 is 1.24. The van der Waals surface area contributed by atoms with Gasteiger partial charge in [-0.05, 0) is 36.9 Å². The third-order valence-electron chi connectivity index (χ3n) is 3.54. The summed E-state index contributed by atoms with van der Waals surface area (Å²) in [7, 11) is 0. The monoisotopic (exact) mass is 227 g/mol. The highest BCUT2D eigenvalue weighted by atomic mass is 32.2. The smallest absolute Gasteiger partial charge is 0.286 e. The first-order valence-corrected chi connectivity index (χ1v) is 6.55. The van der Waals surface area contributed by atoms with E-state index in [9.17, 15) is 9.59 Å². The van der Waals surface area contributed by atoms with E-state index in [0.29, 0.717) is 5.92 Å². The van der Waals surface area contributed by atoms with Crippen molar-refractivity contribution in [2.75, 3.05) is 0 Å². The Hall–Kier alpha value is -0.510. The number of unbranched alkanes of at least 4 members (excludes halogenated alkanes) is 1. The van der Waals surface area contributed by atoms with Crippen molar-refractivity contribution >= 4 is 22.9 Å². The maximum absolute atomic E-state index is 11.8. The lowest BCUT2D eigenvalue weighted by atomic mass is 9.89. The number of amides is 2. The number of hydrogen-bond acceptors (Lipinski definition) is 3. The van der Waals surface area contributed by atoms with Gasteiger partial charge < -0.3 is 0 Å². The number of rotatable bonds is 3. The molecule has 4 heteroatoms. The summed E-state index contributed by atoms with van der Waals surface area (Å²) < 4.78 is -0.397. The molecule has 3 nitrogen and oxygen atoms in total. The van der Waals surface area contributed by atoms with Gasteiger partial charge in [-0.1, -0.05) is 26.2 Å². The van der Waals surface area contributed by atoms with E-state index >= 15 is 0 Å². The largest absolute Gasteiger partial charge is 0.286 e. The molecule has 1 saturated heterocycles. The van der Waals surface area contributed by atoms with Gasteiger partial charge in [0.2, 0.25) is 5.91 Å². The molecule has 2 fully saturated rings. The zero-order chi connectivity index (χ0) is 10.9. The van der Waals surface area contributed by atoms with E-state index in [4.69, 9.17) is 0 Å². The summed E-state index contributed by atoms with van der Waals surface area (Å²) in [6.45, 7) is 2.16. The van der Waals surface area contributed by atoms with E-state index in [1.165, 1.54) is 11.8 Å². The Labute approximate surface area is 94.4 Å². The lowest BCUT2D eigenvalue weighted by molar-refractivity contribution is -0.122. The molecule has 0 aromatic rings. The Balaban J connectivity index is 2.11. The number of thioether (sulfide) groups is 1. The van der Waals surface area contributed by atoms with Crippen LogP contribution in [0, 0.1) is 5.92 Å². The first-order valence-electron chi connectivity index (χ1n) is 5.73. The van der Waals surface area contributed by atoms with Crippen LogP contribution in [-0.4, -0.2) is 15.9 Å². The third-order valence-corrected chi connectivity index (χ3v) is 4.92. The normalized spacial score (nSPS) is 35.1. The quantitative estimate of drug-likeness (QED) is 0.806. The van der Waals surface area contributed by atoms with Gasteiger partial charge in [-0.25, -0.2) is 0 Å². The van der Waals surface area contributed by atoms with E-state index in [2.05, 4.69) is 12.2 Å². The summed E-state index contributed by atoms with van der Waals surface area (Å²) in [5, 5.41) is 2.29. The second-order valence-corrected chi connectivity index (χ2v) is 5.77. The van der Waals surface area contributed by atoms with Crippen LogP contribution in [0.25, 0.3) is 0 Å². The van der Waals surface area contributed by atoms with E-state index in [1.54, 1.807) is 0 Å². The molecule has 2 amide bonds. The Morgan fingerprint density at radius 2 is 2.33 bits per heavy atom. The maximum atomic E-state index is 11.8. The zero-order valence-electron chi connectivity index (χ0n) is 9.04. The second kappa shape index (κ2) is 4.16. The van der Waals surface area contributed by atoms with Gasteiger partial charge in [0.1, 0.15) is 4.75 Å². The fraction of sp³-hybridized carbons (Fsp3) is 0.818. The first-order chi connectivity index (χ1) is 7.19. The molecule has 0 aromatic carbocycles. The molecule has 1 spiro atoms. The minimum atomic E-state index is -0.397. The third kappa shape index (κ3) is 1.80. The van der Waals surface area contributed by atoms with Gasteiger partial charge in [-0.15, -0.1) is 0 Å². The van der Waals surface area contributed by atoms with Crippen molar-refractivity contribution in [1.29, 1.82) is 0 Å². The highest BCUT2D eigenvalue weighted by molar-refractivity contribution is 8.16. The van der Waals surface area contributed by atoms with Crippen LogP contribution in [-0.2, 0) is 4.79 Å². The average Bonchev–Trinajstić information content (AvgIpc) is 2.70. The van der Waals surface area contributed by atoms with Crippen LogP contribution in [0.5, 0.6) is 0 Å². The summed E-state index contributed by atoms with van der Waals surface area (Å²) in [6, 6.07) is 0. The summed E-state index contributed by atoms with van der Waals surface area (Å²) in [6.07, 6.45) is 6.48. The predicted molar refractivity (Wildman–Crippen MR) is 60.7 cm³/mol. The average molecular weight is 227 g/mol. The molecule has 2 atom stereocenters. The van der Waals surface area contributed by atoms with E-state index in [0.717, 1.165) is 38.5 Å². The highest BCUT2D eigenvalue weighted by Crippen LogP contribution is 2.51. The van der Waals surface area contributed by atoms with Gasteiger partial charge in [0, 0.05) is 0 Å². The summed E-state index contributed by atoms with van der Waals surface area (Å²) in [5.41, 5.74) is 0. The number of hydrogen-bond donors (Lipinski definition) is 1. The molecule has 1 aliphatic carbocycles. The predicted octanol–water partition coefficient (Wildman–Crippen LogP) is 2.70. The SMILES string of the molecule is CCCCC1CCCC12SC(=O)NC2=O. The number of carbonyl (C=O) groups excluding carboxylic acids is 2. The lowest BCUT2D eigenvalue weighted by Crippen LogP contribution is -2.39. The van der Waals surface area contributed by atoms with Gasteiger partial charge in [0.15, 0.2) is 0 Å². The molecule has 1 heterocycles. The molecule has 15 heavy (non-hydrogen) atoms. The molecular formula is C11H17NO2S. The lowest BCUT2D eigenvalue weighted by Gasteiger charge is -2.26. The van der Waals surface area contributed by atoms with Crippen LogP contribution in [0.1, 0.15) is 45.4 Å². The minimum Gasteiger partial charge on any atom is -0.286 e. The van der Waals surface area contributed by atoms with Gasteiger partial charge in [-0.2, -0.15) is 0 Å². The Kier molecular flexibility index (Phi) is 3.05. The fourth-order valence-corrected chi connectivity index (χ4v) is 4.01. The van der Waals surface area contributed by atoms with Crippen LogP contribution < -0.4 is 5.32 Å². The molecule has 0 bridgehead atoms. The summed E-state index contributed by atoms with van der Waals surface area (Å²) in [4.78, 5) is 23.1. The Morgan fingerprint density at radius 1 is 1.53 bits per heavy atom. The van der Waals surface area contributed by atoms with Crippen LogP contribution in [0.15, 0.2) is 0 Å². The van der Waals surface area contributed by atoms with Crippen molar-refractivity contribution in [3.05, 3.63) is 0 Å². The molecule has 2 unspecified atom stereocenters. The van der Waals surface area contributed by atoms with Crippen LogP contribution in [0.2, 0.25) is 0 Å². The molecule has 84 valence electrons. The number of carbonyl (C=O) groups is 2. The number of imide groups is 1. The molecule has 0 radical (unpaired) electrons. The van der Waals surface area contributed by atoms with E-state index < -0.39 is 4.75 Å². The topological polar surface area (TPSA) is 46.2 Å². The number of nitrogens with one attached hydrogen (secondary N) is 1. The molecule has 0 aromatic heterocycles. The Morgan fingerprint density at radius 3 is 2.93 bits per heavy atom. The van der Waals surface area contributed by atoms with Crippen LogP contribution in [0.4, 0.5) is 4.79 Å². The standard InChI is InChI=1S/C11H17NO2S/c1-2-3-5-8-6-4-7-11(8)9(13)12-10(14)15-11/h8H,2-7H2,1H3,(H,12,13,14). The molecule has 2 rings (SSSR count). The fourth-order valence-electron chi connectivity index (χ4n) is 2.75. The second-order valence-electron chi connectivity index (χ2n) is 4.46. The maximum Gasteiger partial charge on any atom is 0.286 e. The molecule has 1 aliphatic heterocycles. The molecule has 1 N–H and O–H groups in total. The van der Waals surface area contributed by atoms with Gasteiger partial charge >= 0.3 is 0 Å². The van der Waals surface area contributed by atoms with Crippen LogP contribution in [0.3, 0.4) is 0 Å². The summed E-state index contributed by atoms with van der Waals surface area (Å²) in [5.74, 6) is 0.380.